The van der Waals surface area contributed by atoms with Gasteiger partial charge in [0.2, 0.25) is 0 Å². The van der Waals surface area contributed by atoms with Crippen LogP contribution in [-0.2, 0) is 19.6 Å². The smallest absolute Gasteiger partial charge is 0.117 e. The normalized spacial score (nSPS) is 11.0. The van der Waals surface area contributed by atoms with Crippen LogP contribution in [0.2, 0.25) is 0 Å². The van der Waals surface area contributed by atoms with Crippen LogP contribution in [0.1, 0.15) is 18.2 Å². The molecule has 0 amide bonds. The molecule has 0 aliphatic rings. The number of aryl methyl sites for hydroxylation is 1. The van der Waals surface area contributed by atoms with Crippen molar-refractivity contribution in [2.75, 3.05) is 0 Å². The van der Waals surface area contributed by atoms with Gasteiger partial charge in [-0.05, 0) is 42.8 Å². The summed E-state index contributed by atoms with van der Waals surface area (Å²) >= 11 is 0. The van der Waals surface area contributed by atoms with E-state index in [1.54, 1.807) is 6.26 Å². The summed E-state index contributed by atoms with van der Waals surface area (Å²) in [6, 6.07) is 19.3. The summed E-state index contributed by atoms with van der Waals surface area (Å²) in [7, 11) is 0. The van der Waals surface area contributed by atoms with Gasteiger partial charge in [-0.15, -0.1) is 12.4 Å². The van der Waals surface area contributed by atoms with E-state index < -0.39 is 0 Å². The van der Waals surface area contributed by atoms with E-state index in [4.69, 9.17) is 4.42 Å². The summed E-state index contributed by atoms with van der Waals surface area (Å²) in [6.45, 7) is 4.77. The summed E-state index contributed by atoms with van der Waals surface area (Å²) in [4.78, 5) is 0. The van der Waals surface area contributed by atoms with Crippen molar-refractivity contribution in [1.29, 1.82) is 0 Å². The fourth-order valence-corrected chi connectivity index (χ4v) is 3.29. The van der Waals surface area contributed by atoms with Crippen molar-refractivity contribution in [3.05, 3.63) is 72.2 Å². The van der Waals surface area contributed by atoms with Crippen molar-refractivity contribution in [2.24, 2.45) is 0 Å². The highest BCUT2D eigenvalue weighted by molar-refractivity contribution is 6.08. The largest absolute Gasteiger partial charge is 0.468 e. The Labute approximate surface area is 147 Å². The number of hydrogen-bond donors (Lipinski definition) is 1. The molecule has 2 heterocycles. The summed E-state index contributed by atoms with van der Waals surface area (Å²) in [5.74, 6) is 0.966. The third-order valence-corrected chi connectivity index (χ3v) is 4.36. The first-order valence-corrected chi connectivity index (χ1v) is 8.10. The Kier molecular flexibility index (Phi) is 4.93. The third kappa shape index (κ3) is 2.93. The predicted octanol–water partition coefficient (Wildman–Crippen LogP) is 5.12. The van der Waals surface area contributed by atoms with Gasteiger partial charge in [-0.2, -0.15) is 0 Å². The summed E-state index contributed by atoms with van der Waals surface area (Å²) in [5, 5.41) is 6.10. The molecule has 0 atom stereocenters. The number of aromatic nitrogens is 1. The van der Waals surface area contributed by atoms with Gasteiger partial charge in [0.1, 0.15) is 5.76 Å². The lowest BCUT2D eigenvalue weighted by atomic mass is 10.1. The third-order valence-electron chi connectivity index (χ3n) is 4.36. The highest BCUT2D eigenvalue weighted by atomic mass is 35.5. The van der Waals surface area contributed by atoms with Gasteiger partial charge in [0.15, 0.2) is 0 Å². The van der Waals surface area contributed by atoms with Crippen LogP contribution in [0.25, 0.3) is 21.8 Å². The number of halogens is 1. The molecule has 0 radical (unpaired) electrons. The average Bonchev–Trinajstić information content (AvgIpc) is 3.20. The minimum atomic E-state index is 0. The molecule has 0 aliphatic heterocycles. The molecular weight excluding hydrogens is 320 g/mol. The van der Waals surface area contributed by atoms with Crippen LogP contribution >= 0.6 is 12.4 Å². The van der Waals surface area contributed by atoms with E-state index in [9.17, 15) is 0 Å². The summed E-state index contributed by atoms with van der Waals surface area (Å²) in [6.07, 6.45) is 1.71. The molecule has 0 bridgehead atoms. The highest BCUT2D eigenvalue weighted by Gasteiger charge is 2.09. The van der Waals surface area contributed by atoms with Gasteiger partial charge in [0.25, 0.3) is 0 Å². The Bertz CT molecular complexity index is 941. The molecule has 2 aromatic carbocycles. The molecule has 0 spiro atoms. The predicted molar refractivity (Wildman–Crippen MR) is 102 cm³/mol. The first-order chi connectivity index (χ1) is 11.4. The fourth-order valence-electron chi connectivity index (χ4n) is 3.29. The maximum atomic E-state index is 5.35. The molecule has 0 aliphatic carbocycles. The maximum Gasteiger partial charge on any atom is 0.117 e. The van der Waals surface area contributed by atoms with Gasteiger partial charge in [-0.3, -0.25) is 0 Å². The van der Waals surface area contributed by atoms with E-state index >= 15 is 0 Å². The molecule has 0 saturated carbocycles. The van der Waals surface area contributed by atoms with Crippen molar-refractivity contribution in [3.8, 4) is 0 Å². The number of furan rings is 1. The molecule has 4 aromatic rings. The Hall–Kier alpha value is -2.23. The zero-order valence-electron chi connectivity index (χ0n) is 13.7. The lowest BCUT2D eigenvalue weighted by Gasteiger charge is -2.05. The molecule has 4 rings (SSSR count). The van der Waals surface area contributed by atoms with E-state index in [1.807, 2.05) is 12.1 Å². The van der Waals surface area contributed by atoms with E-state index in [-0.39, 0.29) is 12.4 Å². The summed E-state index contributed by atoms with van der Waals surface area (Å²) < 4.78 is 7.73. The van der Waals surface area contributed by atoms with Crippen LogP contribution in [0.15, 0.2) is 65.3 Å². The van der Waals surface area contributed by atoms with Crippen molar-refractivity contribution in [3.63, 3.8) is 0 Å². The van der Waals surface area contributed by atoms with E-state index in [2.05, 4.69) is 59.3 Å². The number of para-hydroxylation sites is 1. The van der Waals surface area contributed by atoms with Crippen LogP contribution in [0.4, 0.5) is 0 Å². The van der Waals surface area contributed by atoms with E-state index in [0.717, 1.165) is 25.4 Å². The van der Waals surface area contributed by atoms with Crippen LogP contribution in [0, 0.1) is 0 Å². The zero-order chi connectivity index (χ0) is 15.6. The quantitative estimate of drug-likeness (QED) is 0.546. The van der Waals surface area contributed by atoms with E-state index in [1.165, 1.54) is 27.4 Å². The topological polar surface area (TPSA) is 30.1 Å². The lowest BCUT2D eigenvalue weighted by Crippen LogP contribution is -2.11. The number of hydrogen-bond acceptors (Lipinski definition) is 2. The number of fused-ring (bicyclic) bond motifs is 3. The SMILES string of the molecule is CCn1c2ccccc2c2cc(CNCc3ccco3)ccc21.Cl. The molecule has 0 saturated heterocycles. The molecule has 0 fully saturated rings. The molecule has 3 nitrogen and oxygen atoms in total. The number of benzene rings is 2. The second kappa shape index (κ2) is 7.12. The van der Waals surface area contributed by atoms with Crippen molar-refractivity contribution < 1.29 is 4.42 Å². The Balaban J connectivity index is 0.00000169. The Morgan fingerprint density at radius 1 is 0.917 bits per heavy atom. The first kappa shape index (κ1) is 16.6. The van der Waals surface area contributed by atoms with Crippen molar-refractivity contribution in [2.45, 2.75) is 26.6 Å². The van der Waals surface area contributed by atoms with Crippen LogP contribution in [0.5, 0.6) is 0 Å². The maximum absolute atomic E-state index is 5.35. The standard InChI is InChI=1S/C20H20N2O.ClH/c1-2-22-19-8-4-3-7-17(19)18-12-15(9-10-20(18)22)13-21-14-16-6-5-11-23-16;/h3-12,21H,2,13-14H2,1H3;1H. The Morgan fingerprint density at radius 3 is 2.54 bits per heavy atom. The van der Waals surface area contributed by atoms with Gasteiger partial charge >= 0.3 is 0 Å². The number of rotatable bonds is 5. The van der Waals surface area contributed by atoms with Crippen LogP contribution in [0.3, 0.4) is 0 Å². The summed E-state index contributed by atoms with van der Waals surface area (Å²) in [5.41, 5.74) is 3.91. The molecule has 1 N–H and O–H groups in total. The average molecular weight is 341 g/mol. The number of nitrogens with one attached hydrogen (secondary N) is 1. The molecular formula is C20H21ClN2O. The molecule has 124 valence electrons. The van der Waals surface area contributed by atoms with Gasteiger partial charge < -0.3 is 14.3 Å². The van der Waals surface area contributed by atoms with Gasteiger partial charge in [0, 0.05) is 34.9 Å². The fraction of sp³-hybridized carbons (Fsp3) is 0.200. The van der Waals surface area contributed by atoms with Gasteiger partial charge in [0.05, 0.1) is 12.8 Å². The molecule has 0 unspecified atom stereocenters. The van der Waals surface area contributed by atoms with Crippen LogP contribution in [-0.4, -0.2) is 4.57 Å². The van der Waals surface area contributed by atoms with E-state index in [0.29, 0.717) is 0 Å². The zero-order valence-corrected chi connectivity index (χ0v) is 14.5. The van der Waals surface area contributed by atoms with Crippen molar-refractivity contribution >= 4 is 34.2 Å². The van der Waals surface area contributed by atoms with Crippen LogP contribution < -0.4 is 5.32 Å². The minimum absolute atomic E-state index is 0. The highest BCUT2D eigenvalue weighted by Crippen LogP contribution is 2.29. The molecule has 24 heavy (non-hydrogen) atoms. The van der Waals surface area contributed by atoms with Gasteiger partial charge in [-0.1, -0.05) is 24.3 Å². The second-order valence-electron chi connectivity index (χ2n) is 5.80. The second-order valence-corrected chi connectivity index (χ2v) is 5.80. The first-order valence-electron chi connectivity index (χ1n) is 8.10. The molecule has 4 heteroatoms. The monoisotopic (exact) mass is 340 g/mol. The minimum Gasteiger partial charge on any atom is -0.468 e. The van der Waals surface area contributed by atoms with Gasteiger partial charge in [-0.25, -0.2) is 0 Å². The Morgan fingerprint density at radius 2 is 1.75 bits per heavy atom. The molecule has 2 aromatic heterocycles. The van der Waals surface area contributed by atoms with Crippen molar-refractivity contribution in [1.82, 2.24) is 9.88 Å². The lowest BCUT2D eigenvalue weighted by molar-refractivity contribution is 0.483. The number of nitrogens with zero attached hydrogens (tertiary/aromatic N) is 1.